The molecule has 1 spiro atoms. The van der Waals surface area contributed by atoms with Crippen molar-refractivity contribution in [3.63, 3.8) is 0 Å². The zero-order chi connectivity index (χ0) is 23.4. The van der Waals surface area contributed by atoms with Gasteiger partial charge in [0, 0.05) is 31.3 Å². The lowest BCUT2D eigenvalue weighted by atomic mass is 9.89. The van der Waals surface area contributed by atoms with Gasteiger partial charge < -0.3 is 24.0 Å². The van der Waals surface area contributed by atoms with Crippen molar-refractivity contribution < 1.29 is 41.9 Å². The molecule has 4 rings (SSSR count). The second kappa shape index (κ2) is 9.55. The number of carbonyl (C=O) groups is 2. The topological polar surface area (TPSA) is 115 Å². The maximum atomic E-state index is 12.6. The van der Waals surface area contributed by atoms with E-state index in [-0.39, 0.29) is 17.6 Å². The molecule has 2 saturated heterocycles. The van der Waals surface area contributed by atoms with E-state index in [1.807, 2.05) is 23.1 Å². The summed E-state index contributed by atoms with van der Waals surface area (Å²) in [5.41, 5.74) is 0.0143. The van der Waals surface area contributed by atoms with Gasteiger partial charge in [-0.1, -0.05) is 11.2 Å². The lowest BCUT2D eigenvalue weighted by Gasteiger charge is -2.39. The van der Waals surface area contributed by atoms with E-state index in [0.29, 0.717) is 37.0 Å². The van der Waals surface area contributed by atoms with E-state index in [9.17, 15) is 18.0 Å². The van der Waals surface area contributed by atoms with Crippen LogP contribution in [-0.4, -0.2) is 69.6 Å². The van der Waals surface area contributed by atoms with Crippen LogP contribution in [0.5, 0.6) is 5.88 Å². The van der Waals surface area contributed by atoms with E-state index in [2.05, 4.69) is 10.1 Å². The molecule has 2 aromatic heterocycles. The Morgan fingerprint density at radius 3 is 2.69 bits per heavy atom. The summed E-state index contributed by atoms with van der Waals surface area (Å²) in [6.07, 6.45) is -0.831. The van der Waals surface area contributed by atoms with Crippen LogP contribution >= 0.6 is 0 Å². The molecule has 1 amide bonds. The number of carboxylic acid groups (broad SMARTS) is 1. The number of hydrogen-bond acceptors (Lipinski definition) is 7. The Kier molecular flexibility index (Phi) is 7.02. The molecule has 2 aliphatic heterocycles. The summed E-state index contributed by atoms with van der Waals surface area (Å²) in [4.78, 5) is 27.5. The number of aryl methyl sites for hydroxylation is 1. The van der Waals surface area contributed by atoms with Crippen molar-refractivity contribution in [3.8, 4) is 5.88 Å². The Bertz CT molecular complexity index is 936. The van der Waals surface area contributed by atoms with Crippen molar-refractivity contribution in [1.82, 2.24) is 15.0 Å². The molecule has 0 aliphatic carbocycles. The van der Waals surface area contributed by atoms with E-state index in [4.69, 9.17) is 23.9 Å². The molecular formula is C20H22F3N3O6. The van der Waals surface area contributed by atoms with Crippen LogP contribution in [0.3, 0.4) is 0 Å². The molecule has 0 radical (unpaired) electrons. The van der Waals surface area contributed by atoms with Gasteiger partial charge in [-0.05, 0) is 25.8 Å². The van der Waals surface area contributed by atoms with Crippen LogP contribution < -0.4 is 4.74 Å². The number of alkyl halides is 3. The molecule has 174 valence electrons. The number of ether oxygens (including phenoxy) is 2. The second-order valence-corrected chi connectivity index (χ2v) is 7.56. The SMILES string of the molecule is Cc1cc(C(=O)N2CCC[C@]3(C[C@@H](Oc4ccccn4)CO3)C2)no1.O=C(O)C(F)(F)F. The van der Waals surface area contributed by atoms with Gasteiger partial charge in [-0.15, -0.1) is 0 Å². The highest BCUT2D eigenvalue weighted by molar-refractivity contribution is 5.92. The van der Waals surface area contributed by atoms with E-state index in [1.54, 1.807) is 19.2 Å². The van der Waals surface area contributed by atoms with Crippen molar-refractivity contribution in [2.75, 3.05) is 19.7 Å². The van der Waals surface area contributed by atoms with Crippen LogP contribution in [0.2, 0.25) is 0 Å². The minimum absolute atomic E-state index is 0.0424. The normalized spacial score (nSPS) is 22.9. The molecule has 2 fully saturated rings. The quantitative estimate of drug-likeness (QED) is 0.748. The monoisotopic (exact) mass is 457 g/mol. The van der Waals surface area contributed by atoms with Gasteiger partial charge in [-0.2, -0.15) is 13.2 Å². The number of nitrogens with zero attached hydrogens (tertiary/aromatic N) is 3. The number of halogens is 3. The van der Waals surface area contributed by atoms with Crippen LogP contribution in [0.25, 0.3) is 0 Å². The van der Waals surface area contributed by atoms with Crippen LogP contribution in [-0.2, 0) is 9.53 Å². The molecule has 2 aliphatic rings. The summed E-state index contributed by atoms with van der Waals surface area (Å²) in [6, 6.07) is 7.27. The highest BCUT2D eigenvalue weighted by Crippen LogP contribution is 2.36. The first kappa shape index (κ1) is 23.5. The third-order valence-electron chi connectivity index (χ3n) is 5.02. The lowest BCUT2D eigenvalue weighted by Crippen LogP contribution is -2.50. The smallest absolute Gasteiger partial charge is 0.475 e. The first-order valence-electron chi connectivity index (χ1n) is 9.82. The standard InChI is InChI=1S/C18H21N3O4.C2HF3O2/c1-13-9-15(20-25-13)17(22)21-8-4-6-18(12-21)10-14(11-23-18)24-16-5-2-3-7-19-16;3-2(4,5)1(6)7/h2-3,5,7,9,14H,4,6,8,10-12H2,1H3;(H,6,7)/t14-,18+;/m1./s1. The first-order chi connectivity index (χ1) is 15.1. The highest BCUT2D eigenvalue weighted by Gasteiger charge is 2.46. The Morgan fingerprint density at radius 1 is 1.34 bits per heavy atom. The predicted octanol–water partition coefficient (Wildman–Crippen LogP) is 2.85. The molecule has 1 N–H and O–H groups in total. The fourth-order valence-electron chi connectivity index (χ4n) is 3.65. The molecule has 12 heteroatoms. The van der Waals surface area contributed by atoms with E-state index >= 15 is 0 Å². The molecule has 0 bridgehead atoms. The van der Waals surface area contributed by atoms with Gasteiger partial charge in [0.2, 0.25) is 5.88 Å². The van der Waals surface area contributed by atoms with E-state index < -0.39 is 12.1 Å². The molecular weight excluding hydrogens is 435 g/mol. The third-order valence-corrected chi connectivity index (χ3v) is 5.02. The van der Waals surface area contributed by atoms with Crippen LogP contribution in [0.15, 0.2) is 35.0 Å². The van der Waals surface area contributed by atoms with Gasteiger partial charge in [0.25, 0.3) is 5.91 Å². The summed E-state index contributed by atoms with van der Waals surface area (Å²) < 4.78 is 48.8. The summed E-state index contributed by atoms with van der Waals surface area (Å²) in [5, 5.41) is 11.0. The summed E-state index contributed by atoms with van der Waals surface area (Å²) >= 11 is 0. The molecule has 2 aromatic rings. The lowest BCUT2D eigenvalue weighted by molar-refractivity contribution is -0.192. The van der Waals surface area contributed by atoms with Gasteiger partial charge in [0.05, 0.1) is 18.8 Å². The zero-order valence-corrected chi connectivity index (χ0v) is 17.2. The van der Waals surface area contributed by atoms with E-state index in [1.165, 1.54) is 0 Å². The van der Waals surface area contributed by atoms with Crippen molar-refractivity contribution >= 4 is 11.9 Å². The Morgan fingerprint density at radius 2 is 2.09 bits per heavy atom. The predicted molar refractivity (Wildman–Crippen MR) is 102 cm³/mol. The highest BCUT2D eigenvalue weighted by atomic mass is 19.4. The number of piperidine rings is 1. The number of aliphatic carboxylic acids is 1. The number of amides is 1. The number of likely N-dealkylation sites (tertiary alicyclic amines) is 1. The van der Waals surface area contributed by atoms with Crippen molar-refractivity contribution in [1.29, 1.82) is 0 Å². The number of hydrogen-bond donors (Lipinski definition) is 1. The number of aromatic nitrogens is 2. The van der Waals surface area contributed by atoms with Crippen LogP contribution in [0.4, 0.5) is 13.2 Å². The van der Waals surface area contributed by atoms with Gasteiger partial charge >= 0.3 is 12.1 Å². The molecule has 0 unspecified atom stereocenters. The van der Waals surface area contributed by atoms with Gasteiger partial charge in [-0.25, -0.2) is 9.78 Å². The third kappa shape index (κ3) is 5.96. The summed E-state index contributed by atoms with van der Waals surface area (Å²) in [6.45, 7) is 3.56. The first-order valence-corrected chi connectivity index (χ1v) is 9.82. The Labute approximate surface area is 181 Å². The minimum atomic E-state index is -5.08. The van der Waals surface area contributed by atoms with Gasteiger partial charge in [0.1, 0.15) is 11.9 Å². The van der Waals surface area contributed by atoms with Crippen LogP contribution in [0.1, 0.15) is 35.5 Å². The number of carboxylic acids is 1. The van der Waals surface area contributed by atoms with Gasteiger partial charge in [0.15, 0.2) is 5.69 Å². The minimum Gasteiger partial charge on any atom is -0.475 e. The molecule has 9 nitrogen and oxygen atoms in total. The average molecular weight is 457 g/mol. The van der Waals surface area contributed by atoms with Gasteiger partial charge in [-0.3, -0.25) is 4.79 Å². The molecule has 4 heterocycles. The fourth-order valence-corrected chi connectivity index (χ4v) is 3.65. The van der Waals surface area contributed by atoms with Crippen molar-refractivity contribution in [2.24, 2.45) is 0 Å². The second-order valence-electron chi connectivity index (χ2n) is 7.56. The molecule has 0 saturated carbocycles. The number of rotatable bonds is 3. The average Bonchev–Trinajstić information content (AvgIpc) is 3.34. The van der Waals surface area contributed by atoms with Crippen LogP contribution in [0, 0.1) is 6.92 Å². The summed E-state index contributed by atoms with van der Waals surface area (Å²) in [7, 11) is 0. The van der Waals surface area contributed by atoms with Crippen molar-refractivity contribution in [2.45, 2.75) is 44.1 Å². The summed E-state index contributed by atoms with van der Waals surface area (Å²) in [5.74, 6) is -1.62. The molecule has 32 heavy (non-hydrogen) atoms. The number of pyridine rings is 1. The largest absolute Gasteiger partial charge is 0.490 e. The number of carbonyl (C=O) groups excluding carboxylic acids is 1. The maximum absolute atomic E-state index is 12.6. The maximum Gasteiger partial charge on any atom is 0.490 e. The fraction of sp³-hybridized carbons (Fsp3) is 0.500. The van der Waals surface area contributed by atoms with E-state index in [0.717, 1.165) is 19.3 Å². The van der Waals surface area contributed by atoms with Crippen molar-refractivity contribution in [3.05, 3.63) is 41.9 Å². The zero-order valence-electron chi connectivity index (χ0n) is 17.2. The Hall–Kier alpha value is -3.15. The molecule has 0 aromatic carbocycles. The molecule has 2 atom stereocenters. The Balaban J connectivity index is 0.000000360.